The Morgan fingerprint density at radius 3 is 2.59 bits per heavy atom. The Labute approximate surface area is 206 Å². The second-order valence-corrected chi connectivity index (χ2v) is 9.55. The van der Waals surface area contributed by atoms with Crippen molar-refractivity contribution in [2.45, 2.75) is 17.1 Å². The van der Waals surface area contributed by atoms with Crippen molar-refractivity contribution in [1.29, 1.82) is 0 Å². The van der Waals surface area contributed by atoms with Crippen LogP contribution in [0.1, 0.15) is 28.1 Å². The zero-order chi connectivity index (χ0) is 23.5. The predicted octanol–water partition coefficient (Wildman–Crippen LogP) is 7.38. The molecule has 0 radical (unpaired) electrons. The van der Waals surface area contributed by atoms with Crippen LogP contribution in [0, 0.1) is 0 Å². The third-order valence-corrected chi connectivity index (χ3v) is 6.98. The molecule has 0 fully saturated rings. The number of amides is 1. The molecule has 34 heavy (non-hydrogen) atoms. The van der Waals surface area contributed by atoms with Crippen LogP contribution in [0.5, 0.6) is 0 Å². The number of para-hydroxylation sites is 1. The molecule has 3 aromatic carbocycles. The minimum atomic E-state index is -0.186. The van der Waals surface area contributed by atoms with Gasteiger partial charge in [-0.05, 0) is 31.2 Å². The summed E-state index contributed by atoms with van der Waals surface area (Å²) < 4.78 is 0. The van der Waals surface area contributed by atoms with Crippen molar-refractivity contribution in [3.05, 3.63) is 107 Å². The fourth-order valence-electron chi connectivity index (χ4n) is 3.86. The molecule has 2 heterocycles. The molecule has 0 aliphatic rings. The molecule has 2 aromatic heterocycles. The van der Waals surface area contributed by atoms with Gasteiger partial charge in [0.05, 0.1) is 28.7 Å². The van der Waals surface area contributed by atoms with E-state index in [2.05, 4.69) is 27.4 Å². The van der Waals surface area contributed by atoms with Gasteiger partial charge in [0.15, 0.2) is 0 Å². The Bertz CT molecular complexity index is 1470. The van der Waals surface area contributed by atoms with E-state index in [1.807, 2.05) is 84.9 Å². The highest BCUT2D eigenvalue weighted by atomic mass is 35.5. The van der Waals surface area contributed by atoms with Crippen molar-refractivity contribution in [3.8, 4) is 11.3 Å². The van der Waals surface area contributed by atoms with Gasteiger partial charge in [-0.3, -0.25) is 14.9 Å². The molecule has 5 nitrogen and oxygen atoms in total. The van der Waals surface area contributed by atoms with Gasteiger partial charge in [-0.1, -0.05) is 72.3 Å². The van der Waals surface area contributed by atoms with E-state index in [1.54, 1.807) is 18.0 Å². The molecule has 168 valence electrons. The highest BCUT2D eigenvalue weighted by Gasteiger charge is 2.22. The number of anilines is 1. The van der Waals surface area contributed by atoms with E-state index in [1.165, 1.54) is 0 Å². The van der Waals surface area contributed by atoms with Gasteiger partial charge in [0.2, 0.25) is 0 Å². The molecular weight excluding hydrogens is 464 g/mol. The lowest BCUT2D eigenvalue weighted by atomic mass is 10.1. The number of pyridine rings is 1. The highest BCUT2D eigenvalue weighted by molar-refractivity contribution is 7.99. The summed E-state index contributed by atoms with van der Waals surface area (Å²) in [6, 6.07) is 27.2. The van der Waals surface area contributed by atoms with Crippen LogP contribution < -0.4 is 5.32 Å². The SMILES string of the molecule is CC(Sc1ccccc1C(=O)Nc1cnc2ccccc2c1)c1c(-c2ccccc2)n[nH]c1Cl. The van der Waals surface area contributed by atoms with Crippen molar-refractivity contribution in [1.82, 2.24) is 15.2 Å². The molecule has 5 rings (SSSR count). The first kappa shape index (κ1) is 22.2. The zero-order valence-corrected chi connectivity index (χ0v) is 19.9. The maximum atomic E-state index is 13.2. The van der Waals surface area contributed by atoms with E-state index < -0.39 is 0 Å². The fraction of sp³-hybridized carbons (Fsp3) is 0.0741. The van der Waals surface area contributed by atoms with Crippen LogP contribution >= 0.6 is 23.4 Å². The lowest BCUT2D eigenvalue weighted by molar-refractivity contribution is 0.102. The van der Waals surface area contributed by atoms with Gasteiger partial charge in [-0.2, -0.15) is 5.10 Å². The number of aromatic nitrogens is 3. The van der Waals surface area contributed by atoms with E-state index in [-0.39, 0.29) is 11.2 Å². The smallest absolute Gasteiger partial charge is 0.256 e. The van der Waals surface area contributed by atoms with E-state index in [0.717, 1.165) is 32.6 Å². The van der Waals surface area contributed by atoms with Gasteiger partial charge >= 0.3 is 0 Å². The number of hydrogen-bond acceptors (Lipinski definition) is 4. The van der Waals surface area contributed by atoms with E-state index in [4.69, 9.17) is 11.6 Å². The first-order chi connectivity index (χ1) is 16.6. The molecule has 0 saturated carbocycles. The van der Waals surface area contributed by atoms with Crippen LogP contribution in [-0.4, -0.2) is 21.1 Å². The summed E-state index contributed by atoms with van der Waals surface area (Å²) in [5.74, 6) is -0.186. The number of benzene rings is 3. The summed E-state index contributed by atoms with van der Waals surface area (Å²) in [5.41, 5.74) is 4.84. The number of carbonyl (C=O) groups is 1. The Kier molecular flexibility index (Phi) is 6.34. The number of nitrogens with one attached hydrogen (secondary N) is 2. The average Bonchev–Trinajstić information content (AvgIpc) is 3.26. The number of rotatable bonds is 6. The van der Waals surface area contributed by atoms with Gasteiger partial charge in [0, 0.05) is 26.7 Å². The number of carbonyl (C=O) groups excluding carboxylic acids is 1. The molecule has 7 heteroatoms. The topological polar surface area (TPSA) is 70.7 Å². The summed E-state index contributed by atoms with van der Waals surface area (Å²) in [4.78, 5) is 18.5. The molecule has 1 amide bonds. The minimum Gasteiger partial charge on any atom is -0.321 e. The van der Waals surface area contributed by atoms with Crippen LogP contribution in [0.3, 0.4) is 0 Å². The molecule has 0 aliphatic heterocycles. The third-order valence-electron chi connectivity index (χ3n) is 5.49. The lowest BCUT2D eigenvalue weighted by Gasteiger charge is -2.15. The number of fused-ring (bicyclic) bond motifs is 1. The number of thioether (sulfide) groups is 1. The molecule has 5 aromatic rings. The van der Waals surface area contributed by atoms with Crippen molar-refractivity contribution >= 4 is 45.9 Å². The van der Waals surface area contributed by atoms with E-state index >= 15 is 0 Å². The largest absolute Gasteiger partial charge is 0.321 e. The van der Waals surface area contributed by atoms with Crippen molar-refractivity contribution in [3.63, 3.8) is 0 Å². The third kappa shape index (κ3) is 4.55. The average molecular weight is 485 g/mol. The molecule has 0 saturated heterocycles. The van der Waals surface area contributed by atoms with Crippen LogP contribution in [-0.2, 0) is 0 Å². The quantitative estimate of drug-likeness (QED) is 0.246. The molecular formula is C27H21ClN4OS. The van der Waals surface area contributed by atoms with Crippen molar-refractivity contribution in [2.75, 3.05) is 5.32 Å². The Morgan fingerprint density at radius 1 is 1.00 bits per heavy atom. The Hall–Kier alpha value is -3.61. The normalized spacial score (nSPS) is 11.9. The van der Waals surface area contributed by atoms with Crippen LogP contribution in [0.4, 0.5) is 5.69 Å². The molecule has 0 aliphatic carbocycles. The number of hydrogen-bond donors (Lipinski definition) is 2. The molecule has 0 bridgehead atoms. The number of halogens is 1. The summed E-state index contributed by atoms with van der Waals surface area (Å²) in [6.45, 7) is 2.07. The van der Waals surface area contributed by atoms with Crippen LogP contribution in [0.15, 0.2) is 96.0 Å². The number of aromatic amines is 1. The summed E-state index contributed by atoms with van der Waals surface area (Å²) in [6.07, 6.45) is 1.68. The first-order valence-electron chi connectivity index (χ1n) is 10.8. The van der Waals surface area contributed by atoms with E-state index in [0.29, 0.717) is 16.4 Å². The molecule has 1 atom stereocenters. The predicted molar refractivity (Wildman–Crippen MR) is 139 cm³/mol. The minimum absolute atomic E-state index is 0.0438. The van der Waals surface area contributed by atoms with Crippen molar-refractivity contribution in [2.24, 2.45) is 0 Å². The Balaban J connectivity index is 1.40. The molecule has 1 unspecified atom stereocenters. The first-order valence-corrected chi connectivity index (χ1v) is 12.1. The lowest BCUT2D eigenvalue weighted by Crippen LogP contribution is -2.13. The van der Waals surface area contributed by atoms with E-state index in [9.17, 15) is 4.79 Å². The zero-order valence-electron chi connectivity index (χ0n) is 18.3. The molecule has 0 spiro atoms. The number of nitrogens with zero attached hydrogens (tertiary/aromatic N) is 2. The second kappa shape index (κ2) is 9.71. The van der Waals surface area contributed by atoms with Gasteiger partial charge < -0.3 is 5.32 Å². The summed E-state index contributed by atoms with van der Waals surface area (Å²) in [5, 5.41) is 11.8. The maximum Gasteiger partial charge on any atom is 0.256 e. The second-order valence-electron chi connectivity index (χ2n) is 7.79. The van der Waals surface area contributed by atoms with Gasteiger partial charge in [-0.25, -0.2) is 0 Å². The monoisotopic (exact) mass is 484 g/mol. The van der Waals surface area contributed by atoms with Gasteiger partial charge in [-0.15, -0.1) is 11.8 Å². The summed E-state index contributed by atoms with van der Waals surface area (Å²) in [7, 11) is 0. The van der Waals surface area contributed by atoms with Gasteiger partial charge in [0.1, 0.15) is 5.15 Å². The number of H-pyrrole nitrogens is 1. The van der Waals surface area contributed by atoms with Crippen LogP contribution in [0.25, 0.3) is 22.2 Å². The molecule has 2 N–H and O–H groups in total. The Morgan fingerprint density at radius 2 is 1.74 bits per heavy atom. The van der Waals surface area contributed by atoms with Crippen molar-refractivity contribution < 1.29 is 4.79 Å². The van der Waals surface area contributed by atoms with Gasteiger partial charge in [0.25, 0.3) is 5.91 Å². The maximum absolute atomic E-state index is 13.2. The van der Waals surface area contributed by atoms with Crippen LogP contribution in [0.2, 0.25) is 5.15 Å². The summed E-state index contributed by atoms with van der Waals surface area (Å²) >= 11 is 8.07. The highest BCUT2D eigenvalue weighted by Crippen LogP contribution is 2.43. The fourth-order valence-corrected chi connectivity index (χ4v) is 5.39. The standard InChI is InChI=1S/C27H21ClN4OS/c1-17(24-25(31-32-26(24)28)18-9-3-2-4-10-18)34-23-14-8-6-12-21(23)27(33)30-20-15-19-11-5-7-13-22(19)29-16-20/h2-17H,1H3,(H,30,33)(H,31,32).